The van der Waals surface area contributed by atoms with Crippen molar-refractivity contribution in [1.29, 1.82) is 0 Å². The number of rotatable bonds is 6. The predicted octanol–water partition coefficient (Wildman–Crippen LogP) is 2.12. The summed E-state index contributed by atoms with van der Waals surface area (Å²) in [6, 6.07) is 10.0. The molecular formula is C17H17FN2O5. The van der Waals surface area contributed by atoms with Crippen LogP contribution >= 0.6 is 0 Å². The fraction of sp³-hybridized carbons (Fsp3) is 0.235. The number of halogens is 1. The summed E-state index contributed by atoms with van der Waals surface area (Å²) < 4.78 is 28.9. The maximum absolute atomic E-state index is 13.0. The standard InChI is InChI=1S/C17H17FN2O5/c18-11-2-1-3-12(6-11)20-17(22)19-8-13(21)9-23-14-4-5-15-16(7-14)25-10-24-15/h1-7,13,21H,8-10H2,(H2,19,20,22)/t13-/m0/s1. The molecule has 2 amide bonds. The third kappa shape index (κ3) is 4.74. The number of carbonyl (C=O) groups excluding carboxylic acids is 1. The molecule has 2 aromatic rings. The maximum atomic E-state index is 13.0. The molecule has 0 bridgehead atoms. The number of anilines is 1. The van der Waals surface area contributed by atoms with Crippen LogP contribution in [-0.2, 0) is 0 Å². The van der Waals surface area contributed by atoms with Crippen molar-refractivity contribution < 1.29 is 28.5 Å². The molecule has 1 aliphatic rings. The molecule has 8 heteroatoms. The molecule has 3 rings (SSSR count). The summed E-state index contributed by atoms with van der Waals surface area (Å²) in [5.74, 6) is 1.30. The topological polar surface area (TPSA) is 89.1 Å². The summed E-state index contributed by atoms with van der Waals surface area (Å²) in [7, 11) is 0. The molecule has 0 aliphatic carbocycles. The fourth-order valence-corrected chi connectivity index (χ4v) is 2.17. The van der Waals surface area contributed by atoms with E-state index in [2.05, 4.69) is 10.6 Å². The third-order valence-corrected chi connectivity index (χ3v) is 3.37. The van der Waals surface area contributed by atoms with Crippen molar-refractivity contribution in [3.05, 3.63) is 48.3 Å². The predicted molar refractivity (Wildman–Crippen MR) is 87.5 cm³/mol. The monoisotopic (exact) mass is 348 g/mol. The summed E-state index contributed by atoms with van der Waals surface area (Å²) >= 11 is 0. The van der Waals surface area contributed by atoms with Gasteiger partial charge in [-0.15, -0.1) is 0 Å². The zero-order valence-electron chi connectivity index (χ0n) is 13.2. The van der Waals surface area contributed by atoms with Gasteiger partial charge in [-0.3, -0.25) is 0 Å². The van der Waals surface area contributed by atoms with E-state index in [4.69, 9.17) is 14.2 Å². The normalized spacial score (nSPS) is 13.2. The highest BCUT2D eigenvalue weighted by Gasteiger charge is 2.14. The first-order valence-corrected chi connectivity index (χ1v) is 7.61. The van der Waals surface area contributed by atoms with Crippen molar-refractivity contribution in [1.82, 2.24) is 5.32 Å². The Balaban J connectivity index is 1.40. The number of aliphatic hydroxyl groups is 1. The van der Waals surface area contributed by atoms with Crippen LogP contribution < -0.4 is 24.8 Å². The second-order valence-corrected chi connectivity index (χ2v) is 5.33. The number of urea groups is 1. The number of nitrogens with one attached hydrogen (secondary N) is 2. The average Bonchev–Trinajstić information content (AvgIpc) is 3.06. The molecule has 1 heterocycles. The van der Waals surface area contributed by atoms with E-state index in [9.17, 15) is 14.3 Å². The number of fused-ring (bicyclic) bond motifs is 1. The maximum Gasteiger partial charge on any atom is 0.319 e. The average molecular weight is 348 g/mol. The zero-order chi connectivity index (χ0) is 17.6. The highest BCUT2D eigenvalue weighted by Crippen LogP contribution is 2.35. The van der Waals surface area contributed by atoms with E-state index >= 15 is 0 Å². The Morgan fingerprint density at radius 3 is 2.92 bits per heavy atom. The Bertz CT molecular complexity index is 756. The van der Waals surface area contributed by atoms with Crippen molar-refractivity contribution >= 4 is 11.7 Å². The number of benzene rings is 2. The fourth-order valence-electron chi connectivity index (χ4n) is 2.17. The van der Waals surface area contributed by atoms with Gasteiger partial charge < -0.3 is 30.0 Å². The quantitative estimate of drug-likeness (QED) is 0.744. The van der Waals surface area contributed by atoms with Gasteiger partial charge in [-0.05, 0) is 30.3 Å². The van der Waals surface area contributed by atoms with Crippen LogP contribution in [0.3, 0.4) is 0 Å². The van der Waals surface area contributed by atoms with E-state index in [1.807, 2.05) is 0 Å². The molecule has 0 saturated carbocycles. The van der Waals surface area contributed by atoms with Crippen LogP contribution in [0.5, 0.6) is 17.2 Å². The van der Waals surface area contributed by atoms with E-state index < -0.39 is 18.0 Å². The van der Waals surface area contributed by atoms with E-state index in [1.165, 1.54) is 18.2 Å². The highest BCUT2D eigenvalue weighted by molar-refractivity contribution is 5.89. The molecule has 132 valence electrons. The minimum Gasteiger partial charge on any atom is -0.491 e. The lowest BCUT2D eigenvalue weighted by Gasteiger charge is -2.14. The molecule has 0 aromatic heterocycles. The Hall–Kier alpha value is -3.00. The first kappa shape index (κ1) is 16.8. The molecular weight excluding hydrogens is 331 g/mol. The van der Waals surface area contributed by atoms with Gasteiger partial charge >= 0.3 is 6.03 Å². The van der Waals surface area contributed by atoms with Crippen molar-refractivity contribution in [3.8, 4) is 17.2 Å². The minimum atomic E-state index is -0.913. The van der Waals surface area contributed by atoms with Crippen LogP contribution in [-0.4, -0.2) is 37.2 Å². The Morgan fingerprint density at radius 2 is 2.08 bits per heavy atom. The first-order chi connectivity index (χ1) is 12.1. The van der Waals surface area contributed by atoms with Crippen molar-refractivity contribution in [2.45, 2.75) is 6.10 Å². The lowest BCUT2D eigenvalue weighted by molar-refractivity contribution is 0.108. The summed E-state index contributed by atoms with van der Waals surface area (Å²) in [5, 5.41) is 14.8. The van der Waals surface area contributed by atoms with Crippen LogP contribution in [0.2, 0.25) is 0 Å². The van der Waals surface area contributed by atoms with Gasteiger partial charge in [-0.1, -0.05) is 6.07 Å². The van der Waals surface area contributed by atoms with Gasteiger partial charge in [-0.25, -0.2) is 9.18 Å². The largest absolute Gasteiger partial charge is 0.491 e. The lowest BCUT2D eigenvalue weighted by atomic mass is 10.3. The van der Waals surface area contributed by atoms with Gasteiger partial charge in [-0.2, -0.15) is 0 Å². The van der Waals surface area contributed by atoms with Crippen LogP contribution in [0.25, 0.3) is 0 Å². The molecule has 1 aliphatic heterocycles. The second-order valence-electron chi connectivity index (χ2n) is 5.33. The summed E-state index contributed by atoms with van der Waals surface area (Å²) in [6.07, 6.45) is -0.913. The van der Waals surface area contributed by atoms with E-state index in [1.54, 1.807) is 24.3 Å². The molecule has 0 unspecified atom stereocenters. The Kier molecular flexibility index (Phi) is 5.20. The molecule has 2 aromatic carbocycles. The SMILES string of the molecule is O=C(NC[C@H](O)COc1ccc2c(c1)OCO2)Nc1cccc(F)c1. The molecule has 0 fully saturated rings. The van der Waals surface area contributed by atoms with Crippen LogP contribution in [0.1, 0.15) is 0 Å². The number of ether oxygens (including phenoxy) is 3. The smallest absolute Gasteiger partial charge is 0.319 e. The Labute approximate surface area is 143 Å². The van der Waals surface area contributed by atoms with Crippen molar-refractivity contribution in [2.24, 2.45) is 0 Å². The van der Waals surface area contributed by atoms with Gasteiger partial charge in [0.25, 0.3) is 0 Å². The van der Waals surface area contributed by atoms with Gasteiger partial charge in [0.1, 0.15) is 24.3 Å². The number of aliphatic hydroxyl groups excluding tert-OH is 1. The highest BCUT2D eigenvalue weighted by atomic mass is 19.1. The first-order valence-electron chi connectivity index (χ1n) is 7.61. The molecule has 3 N–H and O–H groups in total. The number of amides is 2. The number of carbonyl (C=O) groups is 1. The zero-order valence-corrected chi connectivity index (χ0v) is 13.2. The summed E-state index contributed by atoms with van der Waals surface area (Å²) in [6.45, 7) is 0.136. The Morgan fingerprint density at radius 1 is 1.24 bits per heavy atom. The lowest BCUT2D eigenvalue weighted by Crippen LogP contribution is -2.37. The number of hydrogen-bond donors (Lipinski definition) is 3. The van der Waals surface area contributed by atoms with Gasteiger partial charge in [0.05, 0.1) is 0 Å². The van der Waals surface area contributed by atoms with Gasteiger partial charge in [0, 0.05) is 18.3 Å². The van der Waals surface area contributed by atoms with Gasteiger partial charge in [0.2, 0.25) is 6.79 Å². The summed E-state index contributed by atoms with van der Waals surface area (Å²) in [5.41, 5.74) is 0.323. The number of hydrogen-bond acceptors (Lipinski definition) is 5. The molecule has 0 saturated heterocycles. The molecule has 0 spiro atoms. The van der Waals surface area contributed by atoms with Crippen molar-refractivity contribution in [3.63, 3.8) is 0 Å². The van der Waals surface area contributed by atoms with Crippen molar-refractivity contribution in [2.75, 3.05) is 25.3 Å². The third-order valence-electron chi connectivity index (χ3n) is 3.37. The van der Waals surface area contributed by atoms with Crippen LogP contribution in [0, 0.1) is 5.82 Å². The molecule has 0 radical (unpaired) electrons. The molecule has 25 heavy (non-hydrogen) atoms. The van der Waals surface area contributed by atoms with E-state index in [0.29, 0.717) is 22.9 Å². The second kappa shape index (κ2) is 7.71. The molecule has 1 atom stereocenters. The van der Waals surface area contributed by atoms with Crippen LogP contribution in [0.4, 0.5) is 14.9 Å². The summed E-state index contributed by atoms with van der Waals surface area (Å²) in [4.78, 5) is 11.7. The van der Waals surface area contributed by atoms with Crippen LogP contribution in [0.15, 0.2) is 42.5 Å². The van der Waals surface area contributed by atoms with Gasteiger partial charge in [0.15, 0.2) is 11.5 Å². The van der Waals surface area contributed by atoms with E-state index in [0.717, 1.165) is 0 Å². The molecule has 7 nitrogen and oxygen atoms in total. The van der Waals surface area contributed by atoms with E-state index in [-0.39, 0.29) is 19.9 Å². The minimum absolute atomic E-state index is 0.0140.